The Hall–Kier alpha value is -1.22. The Kier molecular flexibility index (Phi) is 4.82. The maximum absolute atomic E-state index is 11.4. The van der Waals surface area contributed by atoms with E-state index in [4.69, 9.17) is 16.7 Å². The summed E-state index contributed by atoms with van der Waals surface area (Å²) in [4.78, 5) is 0. The molecule has 1 aromatic carbocycles. The smallest absolute Gasteiger partial charge is 0.232 e. The second-order valence-electron chi connectivity index (χ2n) is 3.16. The van der Waals surface area contributed by atoms with Crippen LogP contribution in [0, 0.1) is 11.8 Å². The quantitative estimate of drug-likeness (QED) is 0.819. The van der Waals surface area contributed by atoms with Gasteiger partial charge in [0.1, 0.15) is 6.61 Å². The van der Waals surface area contributed by atoms with Crippen LogP contribution < -0.4 is 4.72 Å². The average molecular weight is 274 g/mol. The van der Waals surface area contributed by atoms with Crippen molar-refractivity contribution in [3.63, 3.8) is 0 Å². The molecule has 0 fully saturated rings. The van der Waals surface area contributed by atoms with Gasteiger partial charge in [-0.25, -0.2) is 8.42 Å². The lowest BCUT2D eigenvalue weighted by atomic mass is 10.2. The van der Waals surface area contributed by atoms with E-state index in [2.05, 4.69) is 16.6 Å². The Balaban J connectivity index is 3.07. The van der Waals surface area contributed by atoms with E-state index in [1.165, 1.54) is 13.0 Å². The van der Waals surface area contributed by atoms with Crippen LogP contribution in [-0.4, -0.2) is 25.9 Å². The van der Waals surface area contributed by atoms with Gasteiger partial charge in [-0.3, -0.25) is 4.72 Å². The van der Waals surface area contributed by atoms with Crippen LogP contribution >= 0.6 is 11.6 Å². The molecule has 92 valence electrons. The van der Waals surface area contributed by atoms with Crippen molar-refractivity contribution in [3.05, 3.63) is 28.8 Å². The van der Waals surface area contributed by atoms with Crippen LogP contribution in [0.2, 0.25) is 5.02 Å². The molecule has 0 saturated carbocycles. The molecular weight excluding hydrogens is 262 g/mol. The second-order valence-corrected chi connectivity index (χ2v) is 5.58. The molecule has 0 unspecified atom stereocenters. The van der Waals surface area contributed by atoms with E-state index in [9.17, 15) is 8.42 Å². The molecule has 6 heteroatoms. The van der Waals surface area contributed by atoms with Crippen molar-refractivity contribution in [2.45, 2.75) is 6.92 Å². The molecule has 0 aliphatic rings. The number of hydrogen-bond donors (Lipinski definition) is 2. The summed E-state index contributed by atoms with van der Waals surface area (Å²) in [6.45, 7) is 1.28. The number of sulfonamides is 1. The predicted octanol–water partition coefficient (Wildman–Crippen LogP) is 1.45. The summed E-state index contributed by atoms with van der Waals surface area (Å²) < 4.78 is 25.2. The average Bonchev–Trinajstić information content (AvgIpc) is 2.30. The summed E-state index contributed by atoms with van der Waals surface area (Å²) in [7, 11) is -3.36. The topological polar surface area (TPSA) is 66.4 Å². The van der Waals surface area contributed by atoms with E-state index in [1.807, 2.05) is 0 Å². The zero-order valence-electron chi connectivity index (χ0n) is 9.20. The summed E-state index contributed by atoms with van der Waals surface area (Å²) >= 11 is 5.87. The number of aliphatic hydroxyl groups excluding tert-OH is 1. The molecule has 4 nitrogen and oxygen atoms in total. The normalized spacial score (nSPS) is 10.5. The lowest BCUT2D eigenvalue weighted by Crippen LogP contribution is -2.14. The van der Waals surface area contributed by atoms with Crippen LogP contribution in [0.25, 0.3) is 0 Å². The molecule has 1 aromatic rings. The molecule has 0 aliphatic heterocycles. The largest absolute Gasteiger partial charge is 0.384 e. The van der Waals surface area contributed by atoms with E-state index >= 15 is 0 Å². The number of aliphatic hydroxyl groups is 1. The minimum absolute atomic E-state index is 0.0319. The van der Waals surface area contributed by atoms with Gasteiger partial charge in [0.05, 0.1) is 16.5 Å². The lowest BCUT2D eigenvalue weighted by Gasteiger charge is -2.08. The van der Waals surface area contributed by atoms with Gasteiger partial charge in [-0.1, -0.05) is 23.4 Å². The molecule has 0 saturated heterocycles. The third-order valence-corrected chi connectivity index (χ3v) is 3.54. The van der Waals surface area contributed by atoms with Crippen LogP contribution in [0.1, 0.15) is 12.5 Å². The molecule has 2 N–H and O–H groups in total. The molecule has 0 heterocycles. The standard InChI is InChI=1S/C11H12ClNO3S/c1-2-17(15,16)13-11-8-9(4-3-7-14)5-6-10(11)12/h5-6,8,13-14H,2,7H2,1H3. The van der Waals surface area contributed by atoms with Gasteiger partial charge in [-0.05, 0) is 25.1 Å². The maximum atomic E-state index is 11.4. The number of anilines is 1. The predicted molar refractivity (Wildman–Crippen MR) is 68.5 cm³/mol. The Morgan fingerprint density at radius 1 is 1.47 bits per heavy atom. The highest BCUT2D eigenvalue weighted by molar-refractivity contribution is 7.92. The van der Waals surface area contributed by atoms with Crippen molar-refractivity contribution in [1.82, 2.24) is 0 Å². The Morgan fingerprint density at radius 3 is 2.76 bits per heavy atom. The highest BCUT2D eigenvalue weighted by Gasteiger charge is 2.09. The Morgan fingerprint density at radius 2 is 2.18 bits per heavy atom. The van der Waals surface area contributed by atoms with Gasteiger partial charge in [0, 0.05) is 5.56 Å². The molecule has 1 rings (SSSR count). The minimum Gasteiger partial charge on any atom is -0.384 e. The van der Waals surface area contributed by atoms with E-state index in [1.54, 1.807) is 12.1 Å². The number of benzene rings is 1. The van der Waals surface area contributed by atoms with Gasteiger partial charge in [-0.15, -0.1) is 0 Å². The van der Waals surface area contributed by atoms with Crippen LogP contribution in [-0.2, 0) is 10.0 Å². The first-order valence-electron chi connectivity index (χ1n) is 4.88. The fourth-order valence-corrected chi connectivity index (χ4v) is 1.93. The molecule has 0 amide bonds. The molecule has 0 radical (unpaired) electrons. The van der Waals surface area contributed by atoms with Crippen LogP contribution in [0.15, 0.2) is 18.2 Å². The van der Waals surface area contributed by atoms with Gasteiger partial charge in [0.2, 0.25) is 10.0 Å². The number of hydrogen-bond acceptors (Lipinski definition) is 3. The van der Waals surface area contributed by atoms with E-state index in [0.29, 0.717) is 16.3 Å². The van der Waals surface area contributed by atoms with E-state index in [-0.39, 0.29) is 12.4 Å². The third-order valence-electron chi connectivity index (χ3n) is 1.92. The SMILES string of the molecule is CCS(=O)(=O)Nc1cc(C#CCO)ccc1Cl. The van der Waals surface area contributed by atoms with E-state index in [0.717, 1.165) is 0 Å². The number of nitrogens with one attached hydrogen (secondary N) is 1. The lowest BCUT2D eigenvalue weighted by molar-refractivity contribution is 0.350. The van der Waals surface area contributed by atoms with Crippen LogP contribution in [0.3, 0.4) is 0 Å². The van der Waals surface area contributed by atoms with Crippen LogP contribution in [0.5, 0.6) is 0 Å². The van der Waals surface area contributed by atoms with Gasteiger partial charge in [-0.2, -0.15) is 0 Å². The van der Waals surface area contributed by atoms with Crippen molar-refractivity contribution in [3.8, 4) is 11.8 Å². The summed E-state index contributed by atoms with van der Waals surface area (Å²) in [5.74, 6) is 5.11. The number of halogens is 1. The first kappa shape index (κ1) is 13.8. The Labute approximate surface area is 106 Å². The highest BCUT2D eigenvalue weighted by Crippen LogP contribution is 2.23. The Bertz CT molecular complexity index is 558. The number of rotatable bonds is 3. The molecule has 0 bridgehead atoms. The first-order valence-corrected chi connectivity index (χ1v) is 6.91. The first-order chi connectivity index (χ1) is 7.98. The molecule has 0 atom stereocenters. The summed E-state index contributed by atoms with van der Waals surface area (Å²) in [5.41, 5.74) is 0.871. The summed E-state index contributed by atoms with van der Waals surface area (Å²) in [5, 5.41) is 8.87. The van der Waals surface area contributed by atoms with Gasteiger partial charge in [0.25, 0.3) is 0 Å². The highest BCUT2D eigenvalue weighted by atomic mass is 35.5. The molecule has 0 aliphatic carbocycles. The fourth-order valence-electron chi connectivity index (χ4n) is 1.06. The second kappa shape index (κ2) is 5.92. The van der Waals surface area contributed by atoms with Gasteiger partial charge < -0.3 is 5.11 Å². The zero-order chi connectivity index (χ0) is 12.9. The van der Waals surface area contributed by atoms with Crippen molar-refractivity contribution in [2.75, 3.05) is 17.1 Å². The van der Waals surface area contributed by atoms with Gasteiger partial charge >= 0.3 is 0 Å². The summed E-state index contributed by atoms with van der Waals surface area (Å²) in [6, 6.07) is 4.73. The molecule has 17 heavy (non-hydrogen) atoms. The zero-order valence-corrected chi connectivity index (χ0v) is 10.8. The monoisotopic (exact) mass is 273 g/mol. The van der Waals surface area contributed by atoms with Gasteiger partial charge in [0.15, 0.2) is 0 Å². The van der Waals surface area contributed by atoms with E-state index < -0.39 is 10.0 Å². The van der Waals surface area contributed by atoms with Crippen molar-refractivity contribution < 1.29 is 13.5 Å². The van der Waals surface area contributed by atoms with Crippen molar-refractivity contribution in [2.24, 2.45) is 0 Å². The fraction of sp³-hybridized carbons (Fsp3) is 0.273. The molecule has 0 spiro atoms. The third kappa shape index (κ3) is 4.27. The summed E-state index contributed by atoms with van der Waals surface area (Å²) in [6.07, 6.45) is 0. The molecular formula is C11H12ClNO3S. The maximum Gasteiger partial charge on any atom is 0.232 e. The van der Waals surface area contributed by atoms with Crippen molar-refractivity contribution in [1.29, 1.82) is 0 Å². The molecule has 0 aromatic heterocycles. The minimum atomic E-state index is -3.36. The van der Waals surface area contributed by atoms with Crippen molar-refractivity contribution >= 4 is 27.3 Å². The van der Waals surface area contributed by atoms with Crippen LogP contribution in [0.4, 0.5) is 5.69 Å².